The molecule has 0 atom stereocenters. The number of aromatic nitrogens is 2. The molecular weight excluding hydrogens is 238 g/mol. The van der Waals surface area contributed by atoms with Gasteiger partial charge in [-0.2, -0.15) is 0 Å². The lowest BCUT2D eigenvalue weighted by atomic mass is 10.1. The monoisotopic (exact) mass is 257 g/mol. The van der Waals surface area contributed by atoms with Crippen molar-refractivity contribution in [3.05, 3.63) is 30.6 Å². The van der Waals surface area contributed by atoms with E-state index in [0.717, 1.165) is 51.0 Å². The molecule has 100 valence electrons. The largest absolute Gasteiger partial charge is 0.355 e. The fraction of sp³-hybridized carbons (Fsp3) is 0.500. The summed E-state index contributed by atoms with van der Waals surface area (Å²) < 4.78 is 2.18. The van der Waals surface area contributed by atoms with Crippen molar-refractivity contribution in [2.24, 2.45) is 0 Å². The van der Waals surface area contributed by atoms with Gasteiger partial charge in [-0.05, 0) is 12.1 Å². The highest BCUT2D eigenvalue weighted by Crippen LogP contribution is 2.19. The number of nitrogens with zero attached hydrogens (tertiary/aromatic N) is 4. The number of imidazole rings is 1. The molecule has 2 fully saturated rings. The molecule has 2 saturated heterocycles. The third-order valence-electron chi connectivity index (χ3n) is 4.32. The minimum atomic E-state index is 0.770. The first-order valence-corrected chi connectivity index (χ1v) is 7.03. The summed E-state index contributed by atoms with van der Waals surface area (Å²) in [6.07, 6.45) is 3.92. The van der Waals surface area contributed by atoms with Crippen LogP contribution >= 0.6 is 0 Å². The molecule has 5 nitrogen and oxygen atoms in total. The third kappa shape index (κ3) is 1.89. The second-order valence-corrected chi connectivity index (χ2v) is 5.37. The van der Waals surface area contributed by atoms with E-state index in [1.807, 2.05) is 12.4 Å². The lowest BCUT2D eigenvalue weighted by molar-refractivity contribution is 0.137. The molecule has 0 radical (unpaired) electrons. The van der Waals surface area contributed by atoms with Crippen LogP contribution in [0.25, 0.3) is 5.65 Å². The molecule has 4 rings (SSSR count). The zero-order valence-electron chi connectivity index (χ0n) is 11.0. The quantitative estimate of drug-likeness (QED) is 0.846. The van der Waals surface area contributed by atoms with E-state index in [0.29, 0.717) is 0 Å². The first-order valence-electron chi connectivity index (χ1n) is 7.03. The van der Waals surface area contributed by atoms with Crippen molar-refractivity contribution in [2.45, 2.75) is 6.04 Å². The summed E-state index contributed by atoms with van der Waals surface area (Å²) in [6.45, 7) is 6.87. The summed E-state index contributed by atoms with van der Waals surface area (Å²) in [4.78, 5) is 9.44. The van der Waals surface area contributed by atoms with Gasteiger partial charge in [-0.3, -0.25) is 9.30 Å². The van der Waals surface area contributed by atoms with Crippen LogP contribution in [-0.2, 0) is 0 Å². The molecule has 1 N–H and O–H groups in total. The van der Waals surface area contributed by atoms with E-state index in [1.165, 1.54) is 5.82 Å². The Morgan fingerprint density at radius 1 is 1.11 bits per heavy atom. The summed E-state index contributed by atoms with van der Waals surface area (Å²) in [7, 11) is 0. The van der Waals surface area contributed by atoms with Gasteiger partial charge >= 0.3 is 0 Å². The molecule has 5 heteroatoms. The van der Waals surface area contributed by atoms with Crippen LogP contribution in [0.15, 0.2) is 30.6 Å². The number of fused-ring (bicyclic) bond motifs is 1. The molecule has 0 bridgehead atoms. The van der Waals surface area contributed by atoms with E-state index >= 15 is 0 Å². The third-order valence-corrected chi connectivity index (χ3v) is 4.32. The van der Waals surface area contributed by atoms with Gasteiger partial charge in [0.15, 0.2) is 0 Å². The van der Waals surface area contributed by atoms with Gasteiger partial charge in [0.2, 0.25) is 0 Å². The van der Waals surface area contributed by atoms with Crippen LogP contribution in [-0.4, -0.2) is 59.6 Å². The second kappa shape index (κ2) is 4.51. The van der Waals surface area contributed by atoms with Gasteiger partial charge in [-0.25, -0.2) is 4.98 Å². The predicted octanol–water partition coefficient (Wildman–Crippen LogP) is 0.428. The SMILES string of the molecule is c1cc(N2CCN(C3CNC3)CC2)n2ccnc2c1. The van der Waals surface area contributed by atoms with E-state index in [1.54, 1.807) is 0 Å². The predicted molar refractivity (Wildman–Crippen MR) is 75.6 cm³/mol. The summed E-state index contributed by atoms with van der Waals surface area (Å²) in [5, 5.41) is 3.35. The smallest absolute Gasteiger partial charge is 0.138 e. The van der Waals surface area contributed by atoms with E-state index in [2.05, 4.69) is 42.7 Å². The zero-order valence-corrected chi connectivity index (χ0v) is 11.0. The first kappa shape index (κ1) is 11.3. The maximum absolute atomic E-state index is 4.36. The van der Waals surface area contributed by atoms with E-state index in [-0.39, 0.29) is 0 Å². The lowest BCUT2D eigenvalue weighted by Crippen LogP contribution is -2.61. The Morgan fingerprint density at radius 3 is 2.68 bits per heavy atom. The Bertz CT molecular complexity index is 566. The van der Waals surface area contributed by atoms with Gasteiger partial charge in [0, 0.05) is 57.7 Å². The van der Waals surface area contributed by atoms with Crippen LogP contribution in [0.5, 0.6) is 0 Å². The number of piperazine rings is 1. The maximum atomic E-state index is 4.36. The average molecular weight is 257 g/mol. The van der Waals surface area contributed by atoms with E-state index in [9.17, 15) is 0 Å². The van der Waals surface area contributed by atoms with Crippen molar-refractivity contribution in [1.29, 1.82) is 0 Å². The van der Waals surface area contributed by atoms with Crippen molar-refractivity contribution in [1.82, 2.24) is 19.6 Å². The summed E-state index contributed by atoms with van der Waals surface area (Å²) >= 11 is 0. The fourth-order valence-corrected chi connectivity index (χ4v) is 3.04. The maximum Gasteiger partial charge on any atom is 0.138 e. The molecule has 0 aromatic carbocycles. The van der Waals surface area contributed by atoms with Gasteiger partial charge in [0.1, 0.15) is 11.5 Å². The van der Waals surface area contributed by atoms with Crippen molar-refractivity contribution in [3.8, 4) is 0 Å². The number of hydrogen-bond donors (Lipinski definition) is 1. The van der Waals surface area contributed by atoms with Crippen LogP contribution in [0.1, 0.15) is 0 Å². The summed E-state index contributed by atoms with van der Waals surface area (Å²) in [6, 6.07) is 7.11. The Kier molecular flexibility index (Phi) is 2.67. The van der Waals surface area contributed by atoms with Crippen LogP contribution in [0.4, 0.5) is 5.82 Å². The normalized spacial score (nSPS) is 21.8. The van der Waals surface area contributed by atoms with Crippen molar-refractivity contribution in [2.75, 3.05) is 44.2 Å². The fourth-order valence-electron chi connectivity index (χ4n) is 3.04. The Labute approximate surface area is 112 Å². The minimum absolute atomic E-state index is 0.770. The molecule has 4 heterocycles. The second-order valence-electron chi connectivity index (χ2n) is 5.37. The molecule has 2 aliphatic heterocycles. The Morgan fingerprint density at radius 2 is 1.95 bits per heavy atom. The summed E-state index contributed by atoms with van der Waals surface area (Å²) in [5.41, 5.74) is 1.03. The van der Waals surface area contributed by atoms with Crippen molar-refractivity contribution < 1.29 is 0 Å². The molecule has 0 aliphatic carbocycles. The molecule has 19 heavy (non-hydrogen) atoms. The molecule has 2 aromatic heterocycles. The number of rotatable bonds is 2. The van der Waals surface area contributed by atoms with Crippen molar-refractivity contribution in [3.63, 3.8) is 0 Å². The Hall–Kier alpha value is -1.59. The van der Waals surface area contributed by atoms with E-state index in [4.69, 9.17) is 0 Å². The first-order chi connectivity index (χ1) is 9.42. The molecular formula is C14H19N5. The molecule has 0 spiro atoms. The topological polar surface area (TPSA) is 35.8 Å². The van der Waals surface area contributed by atoms with Gasteiger partial charge < -0.3 is 10.2 Å². The number of anilines is 1. The minimum Gasteiger partial charge on any atom is -0.355 e. The number of nitrogens with one attached hydrogen (secondary N) is 1. The highest BCUT2D eigenvalue weighted by Gasteiger charge is 2.28. The van der Waals surface area contributed by atoms with Gasteiger partial charge in [0.25, 0.3) is 0 Å². The summed E-state index contributed by atoms with van der Waals surface area (Å²) in [5.74, 6) is 1.27. The van der Waals surface area contributed by atoms with Crippen LogP contribution < -0.4 is 10.2 Å². The highest BCUT2D eigenvalue weighted by atomic mass is 15.3. The average Bonchev–Trinajstić information content (AvgIpc) is 2.86. The number of pyridine rings is 1. The zero-order chi connectivity index (χ0) is 12.7. The van der Waals surface area contributed by atoms with E-state index < -0.39 is 0 Å². The van der Waals surface area contributed by atoms with Gasteiger partial charge in [-0.1, -0.05) is 6.07 Å². The van der Waals surface area contributed by atoms with Gasteiger partial charge in [-0.15, -0.1) is 0 Å². The van der Waals surface area contributed by atoms with Gasteiger partial charge in [0.05, 0.1) is 0 Å². The molecule has 0 saturated carbocycles. The molecule has 2 aromatic rings. The van der Waals surface area contributed by atoms with Crippen LogP contribution in [0.2, 0.25) is 0 Å². The molecule has 0 unspecified atom stereocenters. The molecule has 0 amide bonds. The lowest BCUT2D eigenvalue weighted by Gasteiger charge is -2.43. The standard InChI is InChI=1S/C14H19N5/c1-2-13-16-4-5-19(13)14(3-1)18-8-6-17(7-9-18)12-10-15-11-12/h1-5,12,15H,6-11H2. The van der Waals surface area contributed by atoms with Crippen LogP contribution in [0.3, 0.4) is 0 Å². The Balaban J connectivity index is 1.52. The van der Waals surface area contributed by atoms with Crippen molar-refractivity contribution >= 4 is 11.5 Å². The molecule has 2 aliphatic rings. The highest BCUT2D eigenvalue weighted by molar-refractivity contribution is 5.51. The van der Waals surface area contributed by atoms with Crippen LogP contribution in [0, 0.1) is 0 Å². The number of hydrogen-bond acceptors (Lipinski definition) is 4.